The van der Waals surface area contributed by atoms with E-state index in [1.165, 1.54) is 0 Å². The van der Waals surface area contributed by atoms with E-state index in [2.05, 4.69) is 5.32 Å². The zero-order chi connectivity index (χ0) is 27.5. The van der Waals surface area contributed by atoms with E-state index in [9.17, 15) is 19.5 Å². The lowest BCUT2D eigenvalue weighted by molar-refractivity contribution is -0.130. The van der Waals surface area contributed by atoms with Gasteiger partial charge in [-0.1, -0.05) is 53.1 Å². The molecule has 8 heteroatoms. The normalized spacial score (nSPS) is 22.3. The van der Waals surface area contributed by atoms with Crippen LogP contribution in [0.5, 0.6) is 5.75 Å². The summed E-state index contributed by atoms with van der Waals surface area (Å²) in [5.74, 6) is -1.47. The van der Waals surface area contributed by atoms with Crippen molar-refractivity contribution in [2.75, 3.05) is 13.1 Å². The van der Waals surface area contributed by atoms with Gasteiger partial charge in [-0.05, 0) is 56.7 Å². The molecular formula is C31H25ClN2O5. The Kier molecular flexibility index (Phi) is 5.93. The summed E-state index contributed by atoms with van der Waals surface area (Å²) in [7, 11) is 0. The van der Waals surface area contributed by atoms with E-state index >= 15 is 0 Å². The van der Waals surface area contributed by atoms with Crippen LogP contribution in [-0.4, -0.2) is 40.6 Å². The molecule has 6 rings (SSSR count). The first-order valence-electron chi connectivity index (χ1n) is 12.7. The van der Waals surface area contributed by atoms with Crippen LogP contribution in [0.4, 0.5) is 0 Å². The predicted octanol–water partition coefficient (Wildman–Crippen LogP) is 4.60. The largest absolute Gasteiger partial charge is 0.422 e. The van der Waals surface area contributed by atoms with E-state index in [4.69, 9.17) is 16.3 Å². The van der Waals surface area contributed by atoms with Crippen LogP contribution in [0.3, 0.4) is 0 Å². The highest BCUT2D eigenvalue weighted by atomic mass is 35.5. The highest BCUT2D eigenvalue weighted by Gasteiger charge is 2.56. The van der Waals surface area contributed by atoms with Crippen LogP contribution in [0.25, 0.3) is 0 Å². The van der Waals surface area contributed by atoms with Gasteiger partial charge in [0.05, 0.1) is 11.1 Å². The van der Waals surface area contributed by atoms with Crippen molar-refractivity contribution in [3.63, 3.8) is 0 Å². The van der Waals surface area contributed by atoms with Crippen LogP contribution in [0.1, 0.15) is 43.8 Å². The molecule has 1 fully saturated rings. The van der Waals surface area contributed by atoms with Crippen molar-refractivity contribution >= 4 is 29.1 Å². The molecular weight excluding hydrogens is 516 g/mol. The minimum absolute atomic E-state index is 0.0523. The maximum Gasteiger partial charge on any atom is 0.348 e. The van der Waals surface area contributed by atoms with Gasteiger partial charge in [-0.25, -0.2) is 4.79 Å². The standard InChI is InChI=1S/C31H25ClN2O5/c1-17-4-9-20(10-5-17)31(38)26(25-28(36)22-16-18(2)6-13-23(22)39-30(25)37)24(29-33-14-3-15-34(29)31)27(35)19-7-11-21(32)12-8-19/h4-13,16,33,38H,3,14-15H2,1-2H3/b26-25+. The SMILES string of the molecule is Cc1ccc(C2(O)/C(=C3/C(=O)Oc4ccc(C)cc4C3=O)C(C(=O)c3ccc(Cl)cc3)=C3NCCCN32)cc1. The number of hydrogen-bond acceptors (Lipinski definition) is 7. The maximum atomic E-state index is 14.2. The fourth-order valence-electron chi connectivity index (χ4n) is 5.48. The molecule has 3 aromatic carbocycles. The number of ether oxygens (including phenoxy) is 1. The topological polar surface area (TPSA) is 95.9 Å². The van der Waals surface area contributed by atoms with Crippen molar-refractivity contribution in [1.29, 1.82) is 0 Å². The van der Waals surface area contributed by atoms with Gasteiger partial charge >= 0.3 is 5.97 Å². The van der Waals surface area contributed by atoms with Gasteiger partial charge in [0.25, 0.3) is 0 Å². The Balaban J connectivity index is 1.67. The smallest absolute Gasteiger partial charge is 0.348 e. The summed E-state index contributed by atoms with van der Waals surface area (Å²) in [6, 6.07) is 18.5. The Morgan fingerprint density at radius 2 is 1.69 bits per heavy atom. The highest BCUT2D eigenvalue weighted by Crippen LogP contribution is 2.50. The van der Waals surface area contributed by atoms with Crippen LogP contribution in [0.2, 0.25) is 5.02 Å². The van der Waals surface area contributed by atoms with Gasteiger partial charge in [0.2, 0.25) is 5.78 Å². The molecule has 3 aliphatic heterocycles. The van der Waals surface area contributed by atoms with Gasteiger partial charge in [-0.3, -0.25) is 9.59 Å². The molecule has 1 atom stereocenters. The molecule has 1 saturated heterocycles. The summed E-state index contributed by atoms with van der Waals surface area (Å²) < 4.78 is 5.61. The van der Waals surface area contributed by atoms with Gasteiger partial charge in [0.1, 0.15) is 17.1 Å². The number of hydrogen-bond donors (Lipinski definition) is 2. The number of carbonyl (C=O) groups excluding carboxylic acids is 3. The number of rotatable bonds is 3. The third-order valence-electron chi connectivity index (χ3n) is 7.40. The Bertz CT molecular complexity index is 1620. The number of aliphatic hydroxyl groups is 1. The molecule has 196 valence electrons. The van der Waals surface area contributed by atoms with Crippen LogP contribution in [0.15, 0.2) is 89.3 Å². The van der Waals surface area contributed by atoms with Crippen molar-refractivity contribution in [2.24, 2.45) is 0 Å². The number of aryl methyl sites for hydroxylation is 2. The molecule has 1 unspecified atom stereocenters. The molecule has 0 spiro atoms. The van der Waals surface area contributed by atoms with Crippen molar-refractivity contribution in [2.45, 2.75) is 26.0 Å². The van der Waals surface area contributed by atoms with Gasteiger partial charge in [-0.15, -0.1) is 0 Å². The van der Waals surface area contributed by atoms with Crippen molar-refractivity contribution in [3.8, 4) is 5.75 Å². The van der Waals surface area contributed by atoms with Crippen LogP contribution < -0.4 is 10.1 Å². The molecule has 0 aromatic heterocycles. The third kappa shape index (κ3) is 3.88. The molecule has 0 amide bonds. The monoisotopic (exact) mass is 540 g/mol. The van der Waals surface area contributed by atoms with Crippen molar-refractivity contribution in [1.82, 2.24) is 10.2 Å². The number of nitrogens with one attached hydrogen (secondary N) is 1. The number of ketones is 2. The molecule has 3 aromatic rings. The molecule has 0 aliphatic carbocycles. The Hall–Kier alpha value is -4.20. The molecule has 7 nitrogen and oxygen atoms in total. The fraction of sp³-hybridized carbons (Fsp3) is 0.194. The summed E-state index contributed by atoms with van der Waals surface area (Å²) in [6.07, 6.45) is 0.670. The summed E-state index contributed by atoms with van der Waals surface area (Å²) >= 11 is 6.08. The lowest BCUT2D eigenvalue weighted by atomic mass is 9.82. The summed E-state index contributed by atoms with van der Waals surface area (Å²) in [4.78, 5) is 43.4. The number of benzene rings is 3. The van der Waals surface area contributed by atoms with Gasteiger partial charge in [0.15, 0.2) is 11.5 Å². The Morgan fingerprint density at radius 1 is 1.00 bits per heavy atom. The fourth-order valence-corrected chi connectivity index (χ4v) is 5.61. The van der Waals surface area contributed by atoms with E-state index in [1.807, 2.05) is 26.0 Å². The number of nitrogens with zero attached hydrogens (tertiary/aromatic N) is 1. The second-order valence-corrected chi connectivity index (χ2v) is 10.4. The molecule has 3 aliphatic rings. The van der Waals surface area contributed by atoms with Crippen molar-refractivity contribution in [3.05, 3.63) is 122 Å². The average Bonchev–Trinajstić information content (AvgIpc) is 3.19. The first-order valence-corrected chi connectivity index (χ1v) is 13.1. The van der Waals surface area contributed by atoms with Crippen LogP contribution in [0, 0.1) is 13.8 Å². The first kappa shape index (κ1) is 25.1. The molecule has 39 heavy (non-hydrogen) atoms. The minimum atomic E-state index is -1.99. The number of halogens is 1. The molecule has 2 N–H and O–H groups in total. The second-order valence-electron chi connectivity index (χ2n) is 10.00. The number of Topliss-reactive ketones (excluding diaryl/α,β-unsaturated/α-hetero) is 2. The number of carbonyl (C=O) groups is 3. The number of fused-ring (bicyclic) bond motifs is 2. The predicted molar refractivity (Wildman–Crippen MR) is 145 cm³/mol. The van der Waals surface area contributed by atoms with E-state index < -0.39 is 23.3 Å². The van der Waals surface area contributed by atoms with Crippen molar-refractivity contribution < 1.29 is 24.2 Å². The zero-order valence-electron chi connectivity index (χ0n) is 21.4. The lowest BCUT2D eigenvalue weighted by Gasteiger charge is -2.41. The van der Waals surface area contributed by atoms with Crippen LogP contribution >= 0.6 is 11.6 Å². The number of esters is 1. The first-order chi connectivity index (χ1) is 18.7. The Morgan fingerprint density at radius 3 is 2.41 bits per heavy atom. The Labute approximate surface area is 230 Å². The quantitative estimate of drug-likeness (QED) is 0.165. The zero-order valence-corrected chi connectivity index (χ0v) is 22.1. The van der Waals surface area contributed by atoms with E-state index in [0.717, 1.165) is 11.1 Å². The third-order valence-corrected chi connectivity index (χ3v) is 7.65. The maximum absolute atomic E-state index is 14.2. The molecule has 0 saturated carbocycles. The molecule has 0 bridgehead atoms. The average molecular weight is 541 g/mol. The van der Waals surface area contributed by atoms with E-state index in [-0.39, 0.29) is 28.0 Å². The van der Waals surface area contributed by atoms with Crippen LogP contribution in [-0.2, 0) is 10.5 Å². The summed E-state index contributed by atoms with van der Waals surface area (Å²) in [5.41, 5.74) is 0.309. The molecule has 3 heterocycles. The second kappa shape index (κ2) is 9.22. The summed E-state index contributed by atoms with van der Waals surface area (Å²) in [6.45, 7) is 4.69. The lowest BCUT2D eigenvalue weighted by Crippen LogP contribution is -2.50. The van der Waals surface area contributed by atoms with E-state index in [1.54, 1.807) is 59.5 Å². The van der Waals surface area contributed by atoms with E-state index in [0.29, 0.717) is 41.5 Å². The van der Waals surface area contributed by atoms with Gasteiger partial charge < -0.3 is 20.1 Å². The summed E-state index contributed by atoms with van der Waals surface area (Å²) in [5, 5.41) is 16.4. The minimum Gasteiger partial charge on any atom is -0.422 e. The van der Waals surface area contributed by atoms with Gasteiger partial charge in [0, 0.05) is 34.8 Å². The highest BCUT2D eigenvalue weighted by molar-refractivity contribution is 6.31. The molecule has 0 radical (unpaired) electrons. The van der Waals surface area contributed by atoms with Gasteiger partial charge in [-0.2, -0.15) is 0 Å².